The predicted molar refractivity (Wildman–Crippen MR) is 142 cm³/mol. The number of ether oxygens (including phenoxy) is 1. The van der Waals surface area contributed by atoms with Crippen LogP contribution in [0.3, 0.4) is 0 Å². The van der Waals surface area contributed by atoms with E-state index in [0.29, 0.717) is 23.8 Å². The lowest BCUT2D eigenvalue weighted by atomic mass is 9.77. The van der Waals surface area contributed by atoms with Crippen LogP contribution in [0.15, 0.2) is 59.0 Å². The molecule has 0 amide bonds. The van der Waals surface area contributed by atoms with E-state index in [1.807, 2.05) is 24.3 Å². The summed E-state index contributed by atoms with van der Waals surface area (Å²) in [5.41, 5.74) is 1.64. The summed E-state index contributed by atoms with van der Waals surface area (Å²) in [4.78, 5) is 40.5. The van der Waals surface area contributed by atoms with E-state index >= 15 is 0 Å². The highest BCUT2D eigenvalue weighted by Crippen LogP contribution is 2.38. The summed E-state index contributed by atoms with van der Waals surface area (Å²) in [6, 6.07) is 16.0. The fraction of sp³-hybridized carbons (Fsp3) is 0.419. The molecule has 1 aliphatic rings. The standard InChI is InChI=1S/C31H32F3NO5/c1-39-27(38)19-21-12-16-23(17-13-21)22-14-10-20(11-15-22)18-25(36)8-5-9-26(37)28-29(31(32,33)34)40-30(35-28)24-6-3-2-4-7-24/h2-4,6-7,10-11,14-15,21,23H,5,8-9,12-13,16-19H2,1H3. The average molecular weight is 556 g/mol. The van der Waals surface area contributed by atoms with Gasteiger partial charge in [0.2, 0.25) is 11.7 Å². The number of carbonyl (C=O) groups is 3. The van der Waals surface area contributed by atoms with Crippen LogP contribution in [0, 0.1) is 5.92 Å². The van der Waals surface area contributed by atoms with E-state index in [9.17, 15) is 27.6 Å². The zero-order valence-electron chi connectivity index (χ0n) is 22.3. The Morgan fingerprint density at radius 1 is 0.950 bits per heavy atom. The number of hydrogen-bond donors (Lipinski definition) is 0. The number of alkyl halides is 3. The number of methoxy groups -OCH3 is 1. The van der Waals surface area contributed by atoms with Crippen LogP contribution in [0.5, 0.6) is 0 Å². The molecule has 0 N–H and O–H groups in total. The van der Waals surface area contributed by atoms with Gasteiger partial charge in [-0.1, -0.05) is 42.5 Å². The summed E-state index contributed by atoms with van der Waals surface area (Å²) in [7, 11) is 1.41. The van der Waals surface area contributed by atoms with E-state index in [2.05, 4.69) is 4.98 Å². The monoisotopic (exact) mass is 555 g/mol. The van der Waals surface area contributed by atoms with Gasteiger partial charge < -0.3 is 9.15 Å². The molecule has 0 atom stereocenters. The summed E-state index contributed by atoms with van der Waals surface area (Å²) in [5, 5.41) is 0. The quantitative estimate of drug-likeness (QED) is 0.181. The SMILES string of the molecule is COC(=O)CC1CCC(c2ccc(CC(=O)CCCC(=O)c3nc(-c4ccccc4)oc3C(F)(F)F)cc2)CC1. The first-order valence-corrected chi connectivity index (χ1v) is 13.5. The summed E-state index contributed by atoms with van der Waals surface area (Å²) < 4.78 is 50.2. The van der Waals surface area contributed by atoms with Gasteiger partial charge in [-0.3, -0.25) is 14.4 Å². The van der Waals surface area contributed by atoms with Crippen LogP contribution < -0.4 is 0 Å². The summed E-state index contributed by atoms with van der Waals surface area (Å²) in [5.74, 6) is -1.97. The van der Waals surface area contributed by atoms with Gasteiger partial charge in [-0.2, -0.15) is 13.2 Å². The molecule has 2 aromatic carbocycles. The average Bonchev–Trinajstić information content (AvgIpc) is 3.41. The Morgan fingerprint density at radius 2 is 1.62 bits per heavy atom. The summed E-state index contributed by atoms with van der Waals surface area (Å²) in [6.07, 6.45) is -0.301. The number of ketones is 2. The number of halogens is 3. The minimum absolute atomic E-state index is 0.0719. The first-order chi connectivity index (χ1) is 19.1. The van der Waals surface area contributed by atoms with Crippen LogP contribution >= 0.6 is 0 Å². The van der Waals surface area contributed by atoms with Crippen LogP contribution in [0.4, 0.5) is 13.2 Å². The van der Waals surface area contributed by atoms with E-state index in [-0.39, 0.29) is 43.3 Å². The van der Waals surface area contributed by atoms with Crippen LogP contribution in [-0.2, 0) is 26.9 Å². The second kappa shape index (κ2) is 13.1. The third-order valence-electron chi connectivity index (χ3n) is 7.41. The second-order valence-electron chi connectivity index (χ2n) is 10.3. The van der Waals surface area contributed by atoms with Crippen molar-refractivity contribution in [1.29, 1.82) is 0 Å². The van der Waals surface area contributed by atoms with Crippen LogP contribution in [0.1, 0.15) is 84.7 Å². The lowest BCUT2D eigenvalue weighted by molar-refractivity contribution is -0.153. The van der Waals surface area contributed by atoms with Gasteiger partial charge in [0.25, 0.3) is 0 Å². The number of benzene rings is 2. The number of aromatic nitrogens is 1. The molecule has 9 heteroatoms. The molecule has 1 fully saturated rings. The van der Waals surface area contributed by atoms with E-state index in [1.165, 1.54) is 12.7 Å². The molecular weight excluding hydrogens is 523 g/mol. The molecule has 1 aromatic heterocycles. The van der Waals surface area contributed by atoms with Gasteiger partial charge in [0.15, 0.2) is 11.5 Å². The van der Waals surface area contributed by atoms with E-state index < -0.39 is 23.4 Å². The molecule has 40 heavy (non-hydrogen) atoms. The third kappa shape index (κ3) is 7.67. The Morgan fingerprint density at radius 3 is 2.25 bits per heavy atom. The first kappa shape index (κ1) is 29.2. The number of hydrogen-bond acceptors (Lipinski definition) is 6. The largest absolute Gasteiger partial charge is 0.469 e. The fourth-order valence-electron chi connectivity index (χ4n) is 5.21. The molecule has 3 aromatic rings. The van der Waals surface area contributed by atoms with Gasteiger partial charge in [0.1, 0.15) is 5.78 Å². The summed E-state index contributed by atoms with van der Waals surface area (Å²) in [6.45, 7) is 0. The van der Waals surface area contributed by atoms with Crippen molar-refractivity contribution in [3.63, 3.8) is 0 Å². The molecule has 0 radical (unpaired) electrons. The number of nitrogens with zero attached hydrogens (tertiary/aromatic N) is 1. The fourth-order valence-corrected chi connectivity index (χ4v) is 5.21. The molecule has 1 saturated carbocycles. The Balaban J connectivity index is 1.26. The second-order valence-corrected chi connectivity index (χ2v) is 10.3. The van der Waals surface area contributed by atoms with Crippen molar-refractivity contribution in [2.24, 2.45) is 5.92 Å². The normalized spacial score (nSPS) is 17.4. The zero-order valence-corrected chi connectivity index (χ0v) is 22.3. The predicted octanol–water partition coefficient (Wildman–Crippen LogP) is 7.36. The molecule has 0 aliphatic heterocycles. The molecule has 212 valence electrons. The third-order valence-corrected chi connectivity index (χ3v) is 7.41. The lowest BCUT2D eigenvalue weighted by Gasteiger charge is -2.28. The number of Topliss-reactive ketones (excluding diaryl/α,β-unsaturated/α-hetero) is 2. The minimum Gasteiger partial charge on any atom is -0.469 e. The molecule has 0 saturated heterocycles. The van der Waals surface area contributed by atoms with Crippen LogP contribution in [0.25, 0.3) is 11.5 Å². The van der Waals surface area contributed by atoms with Gasteiger partial charge in [-0.05, 0) is 67.2 Å². The Hall–Kier alpha value is -3.75. The number of rotatable bonds is 11. The maximum atomic E-state index is 13.5. The van der Waals surface area contributed by atoms with E-state index in [0.717, 1.165) is 31.2 Å². The van der Waals surface area contributed by atoms with Crippen LogP contribution in [-0.4, -0.2) is 29.6 Å². The molecule has 1 aliphatic carbocycles. The van der Waals surface area contributed by atoms with Crippen molar-refractivity contribution in [2.75, 3.05) is 7.11 Å². The number of oxazole rings is 1. The van der Waals surface area contributed by atoms with Crippen molar-refractivity contribution >= 4 is 17.5 Å². The molecule has 6 nitrogen and oxygen atoms in total. The van der Waals surface area contributed by atoms with Gasteiger partial charge in [0.05, 0.1) is 7.11 Å². The van der Waals surface area contributed by atoms with Gasteiger partial charge >= 0.3 is 12.1 Å². The lowest BCUT2D eigenvalue weighted by Crippen LogP contribution is -2.17. The van der Waals surface area contributed by atoms with Gasteiger partial charge in [-0.25, -0.2) is 4.98 Å². The molecule has 0 spiro atoms. The summed E-state index contributed by atoms with van der Waals surface area (Å²) >= 11 is 0. The van der Waals surface area contributed by atoms with E-state index in [4.69, 9.17) is 9.15 Å². The van der Waals surface area contributed by atoms with Crippen molar-refractivity contribution in [3.05, 3.63) is 77.2 Å². The zero-order chi connectivity index (χ0) is 28.7. The molecule has 1 heterocycles. The first-order valence-electron chi connectivity index (χ1n) is 13.5. The molecule has 0 unspecified atom stereocenters. The highest BCUT2D eigenvalue weighted by molar-refractivity contribution is 5.96. The van der Waals surface area contributed by atoms with Crippen molar-refractivity contribution in [2.45, 2.75) is 69.9 Å². The molecular formula is C31H32F3NO5. The van der Waals surface area contributed by atoms with Crippen molar-refractivity contribution < 1.29 is 36.7 Å². The maximum Gasteiger partial charge on any atom is 0.452 e. The smallest absolute Gasteiger partial charge is 0.452 e. The Kier molecular flexibility index (Phi) is 9.55. The number of carbonyl (C=O) groups excluding carboxylic acids is 3. The van der Waals surface area contributed by atoms with Gasteiger partial charge in [0, 0.05) is 31.2 Å². The van der Waals surface area contributed by atoms with E-state index in [1.54, 1.807) is 30.3 Å². The Labute approximate surface area is 230 Å². The highest BCUT2D eigenvalue weighted by Gasteiger charge is 2.41. The Bertz CT molecular complexity index is 1310. The minimum atomic E-state index is -4.87. The van der Waals surface area contributed by atoms with Crippen LogP contribution in [0.2, 0.25) is 0 Å². The van der Waals surface area contributed by atoms with Gasteiger partial charge in [-0.15, -0.1) is 0 Å². The number of esters is 1. The molecule has 0 bridgehead atoms. The van der Waals surface area contributed by atoms with Crippen molar-refractivity contribution in [1.82, 2.24) is 4.98 Å². The maximum absolute atomic E-state index is 13.5. The molecule has 4 rings (SSSR count). The highest BCUT2D eigenvalue weighted by atomic mass is 19.4. The topological polar surface area (TPSA) is 86.5 Å². The van der Waals surface area contributed by atoms with Crippen molar-refractivity contribution in [3.8, 4) is 11.5 Å².